The Morgan fingerprint density at radius 2 is 1.71 bits per heavy atom. The van der Waals surface area contributed by atoms with Crippen molar-refractivity contribution in [2.24, 2.45) is 5.41 Å². The van der Waals surface area contributed by atoms with Crippen LogP contribution in [-0.2, 0) is 14.3 Å². The number of rotatable bonds is 4. The van der Waals surface area contributed by atoms with Gasteiger partial charge in [-0.2, -0.15) is 0 Å². The number of nitrogens with zero attached hydrogens (tertiary/aromatic N) is 1. The lowest BCUT2D eigenvalue weighted by molar-refractivity contribution is -0.154. The van der Waals surface area contributed by atoms with Crippen molar-refractivity contribution in [3.63, 3.8) is 0 Å². The van der Waals surface area contributed by atoms with E-state index in [0.717, 1.165) is 22.3 Å². The van der Waals surface area contributed by atoms with Crippen LogP contribution >= 0.6 is 34.8 Å². The van der Waals surface area contributed by atoms with Gasteiger partial charge < -0.3 is 9.47 Å². The third-order valence-corrected chi connectivity index (χ3v) is 5.49. The van der Waals surface area contributed by atoms with Crippen molar-refractivity contribution in [2.75, 3.05) is 13.7 Å². The number of ether oxygens (including phenoxy) is 2. The monoisotopic (exact) mass is 481 g/mol. The number of amides is 1. The van der Waals surface area contributed by atoms with Crippen LogP contribution in [0.2, 0.25) is 0 Å². The van der Waals surface area contributed by atoms with Crippen LogP contribution in [0.25, 0.3) is 17.2 Å². The Kier molecular flexibility index (Phi) is 6.89. The smallest absolute Gasteiger partial charge is 0.414 e. The van der Waals surface area contributed by atoms with Crippen molar-refractivity contribution in [1.29, 1.82) is 0 Å². The van der Waals surface area contributed by atoms with Gasteiger partial charge in [0, 0.05) is 6.20 Å². The van der Waals surface area contributed by atoms with Gasteiger partial charge >= 0.3 is 12.1 Å². The number of benzene rings is 2. The van der Waals surface area contributed by atoms with Crippen LogP contribution in [0.15, 0.2) is 54.7 Å². The van der Waals surface area contributed by atoms with E-state index >= 15 is 0 Å². The maximum absolute atomic E-state index is 12.9. The van der Waals surface area contributed by atoms with Crippen LogP contribution in [-0.4, -0.2) is 34.5 Å². The number of carbonyl (C=O) groups is 2. The minimum absolute atomic E-state index is 0.427. The van der Waals surface area contributed by atoms with Crippen molar-refractivity contribution in [1.82, 2.24) is 4.90 Å². The van der Waals surface area contributed by atoms with Gasteiger partial charge in [-0.3, -0.25) is 9.69 Å². The molecule has 0 aromatic heterocycles. The van der Waals surface area contributed by atoms with E-state index in [9.17, 15) is 9.59 Å². The first-order valence-corrected chi connectivity index (χ1v) is 10.7. The number of carbonyl (C=O) groups excluding carboxylic acids is 2. The molecule has 2 aromatic rings. The van der Waals surface area contributed by atoms with E-state index in [0.29, 0.717) is 0 Å². The fourth-order valence-corrected chi connectivity index (χ4v) is 3.93. The van der Waals surface area contributed by atoms with Gasteiger partial charge in [0.05, 0.1) is 18.6 Å². The molecule has 1 aliphatic rings. The lowest BCUT2D eigenvalue weighted by atomic mass is 9.75. The number of esters is 1. The lowest BCUT2D eigenvalue weighted by Gasteiger charge is -2.41. The second-order valence-electron chi connectivity index (χ2n) is 7.68. The van der Waals surface area contributed by atoms with Crippen LogP contribution < -0.4 is 0 Å². The highest BCUT2D eigenvalue weighted by Crippen LogP contribution is 2.46. The molecular formula is C23H22Cl3NO4. The summed E-state index contributed by atoms with van der Waals surface area (Å²) in [6.07, 6.45) is 2.67. The van der Waals surface area contributed by atoms with Crippen molar-refractivity contribution in [3.05, 3.63) is 65.9 Å². The van der Waals surface area contributed by atoms with Gasteiger partial charge in [-0.15, -0.1) is 0 Å². The largest absolute Gasteiger partial charge is 0.469 e. The molecule has 0 saturated heterocycles. The standard InChI is InChI=1S/C23H22Cl3NO4/c1-22(2,20(28)30-3)19-18-11-7-10-16(15-8-5-4-6-9-15)17(18)12-13-27(19)21(29)31-14-23(24,25)26/h4-13,19H,14H2,1-3H3/t19-/m1/s1. The molecule has 0 aliphatic carbocycles. The van der Waals surface area contributed by atoms with E-state index in [1.807, 2.05) is 54.6 Å². The average molecular weight is 483 g/mol. The SMILES string of the molecule is COC(=O)C(C)(C)[C@H]1c2cccc(-c3ccccc3)c2C=CN1C(=O)OCC(Cl)(Cl)Cl. The summed E-state index contributed by atoms with van der Waals surface area (Å²) in [5.74, 6) is -0.469. The molecule has 1 amide bonds. The highest BCUT2D eigenvalue weighted by molar-refractivity contribution is 6.67. The second kappa shape index (κ2) is 9.11. The summed E-state index contributed by atoms with van der Waals surface area (Å²) >= 11 is 17.2. The molecule has 8 heteroatoms. The first-order chi connectivity index (χ1) is 14.6. The molecule has 0 N–H and O–H groups in total. The Morgan fingerprint density at radius 1 is 1.03 bits per heavy atom. The van der Waals surface area contributed by atoms with Crippen LogP contribution in [0, 0.1) is 5.41 Å². The van der Waals surface area contributed by atoms with Crippen LogP contribution in [0.1, 0.15) is 31.0 Å². The van der Waals surface area contributed by atoms with E-state index < -0.39 is 33.9 Å². The quantitative estimate of drug-likeness (QED) is 0.374. The van der Waals surface area contributed by atoms with E-state index in [-0.39, 0.29) is 0 Å². The molecule has 0 spiro atoms. The Morgan fingerprint density at radius 3 is 2.32 bits per heavy atom. The van der Waals surface area contributed by atoms with Gasteiger partial charge in [-0.05, 0) is 42.2 Å². The molecular weight excluding hydrogens is 461 g/mol. The van der Waals surface area contributed by atoms with Crippen LogP contribution in [0.3, 0.4) is 0 Å². The third-order valence-electron chi connectivity index (χ3n) is 5.16. The number of hydrogen-bond donors (Lipinski definition) is 0. The molecule has 31 heavy (non-hydrogen) atoms. The first kappa shape index (κ1) is 23.5. The fraction of sp³-hybridized carbons (Fsp3) is 0.304. The Bertz CT molecular complexity index is 1000. The molecule has 0 bridgehead atoms. The maximum Gasteiger partial charge on any atom is 0.414 e. The first-order valence-electron chi connectivity index (χ1n) is 9.53. The predicted octanol–water partition coefficient (Wildman–Crippen LogP) is 6.39. The molecule has 5 nitrogen and oxygen atoms in total. The number of halogens is 3. The Labute approximate surface area is 196 Å². The Balaban J connectivity index is 2.11. The van der Waals surface area contributed by atoms with Crippen LogP contribution in [0.4, 0.5) is 4.79 Å². The van der Waals surface area contributed by atoms with E-state index in [1.54, 1.807) is 20.0 Å². The zero-order chi connectivity index (χ0) is 22.8. The number of methoxy groups -OCH3 is 1. The van der Waals surface area contributed by atoms with Gasteiger partial charge in [-0.1, -0.05) is 83.3 Å². The summed E-state index contributed by atoms with van der Waals surface area (Å²) in [5.41, 5.74) is 2.59. The highest BCUT2D eigenvalue weighted by Gasteiger charge is 2.46. The summed E-state index contributed by atoms with van der Waals surface area (Å²) in [6, 6.07) is 14.9. The molecule has 1 heterocycles. The number of hydrogen-bond acceptors (Lipinski definition) is 4. The van der Waals surface area contributed by atoms with Gasteiger partial charge in [0.1, 0.15) is 6.61 Å². The van der Waals surface area contributed by atoms with Crippen molar-refractivity contribution < 1.29 is 19.1 Å². The molecule has 1 atom stereocenters. The normalized spacial score (nSPS) is 15.9. The van der Waals surface area contributed by atoms with E-state index in [2.05, 4.69) is 0 Å². The number of alkyl halides is 3. The molecule has 3 rings (SSSR count). The van der Waals surface area contributed by atoms with Crippen molar-refractivity contribution >= 4 is 52.9 Å². The van der Waals surface area contributed by atoms with Gasteiger partial charge in [0.15, 0.2) is 0 Å². The summed E-state index contributed by atoms with van der Waals surface area (Å²) in [4.78, 5) is 26.9. The topological polar surface area (TPSA) is 55.8 Å². The summed E-state index contributed by atoms with van der Waals surface area (Å²) < 4.78 is 8.49. The Hall–Kier alpha value is -2.21. The van der Waals surface area contributed by atoms with Crippen molar-refractivity contribution in [3.8, 4) is 11.1 Å². The molecule has 0 saturated carbocycles. The zero-order valence-electron chi connectivity index (χ0n) is 17.3. The van der Waals surface area contributed by atoms with Gasteiger partial charge in [0.2, 0.25) is 3.79 Å². The summed E-state index contributed by atoms with van der Waals surface area (Å²) in [5, 5.41) is 0. The van der Waals surface area contributed by atoms with E-state index in [4.69, 9.17) is 44.3 Å². The summed E-state index contributed by atoms with van der Waals surface area (Å²) in [6.45, 7) is 3.01. The van der Waals surface area contributed by atoms with Gasteiger partial charge in [-0.25, -0.2) is 4.79 Å². The van der Waals surface area contributed by atoms with Gasteiger partial charge in [0.25, 0.3) is 0 Å². The minimum Gasteiger partial charge on any atom is -0.469 e. The lowest BCUT2D eigenvalue weighted by Crippen LogP contribution is -2.45. The second-order valence-corrected chi connectivity index (χ2v) is 10.2. The van der Waals surface area contributed by atoms with E-state index in [1.165, 1.54) is 12.0 Å². The molecule has 2 aromatic carbocycles. The average Bonchev–Trinajstić information content (AvgIpc) is 2.75. The summed E-state index contributed by atoms with van der Waals surface area (Å²) in [7, 11) is 1.32. The third kappa shape index (κ3) is 5.00. The predicted molar refractivity (Wildman–Crippen MR) is 123 cm³/mol. The molecule has 0 unspecified atom stereocenters. The minimum atomic E-state index is -1.75. The molecule has 164 valence electrons. The molecule has 0 fully saturated rings. The van der Waals surface area contributed by atoms with Crippen LogP contribution in [0.5, 0.6) is 0 Å². The molecule has 0 radical (unpaired) electrons. The fourth-order valence-electron chi connectivity index (χ4n) is 3.76. The highest BCUT2D eigenvalue weighted by atomic mass is 35.6. The van der Waals surface area contributed by atoms with Crippen molar-refractivity contribution in [2.45, 2.75) is 23.7 Å². The molecule has 1 aliphatic heterocycles. The number of fused-ring (bicyclic) bond motifs is 1. The zero-order valence-corrected chi connectivity index (χ0v) is 19.5. The maximum atomic E-state index is 12.9.